The summed E-state index contributed by atoms with van der Waals surface area (Å²) in [7, 11) is -0.224. The molecule has 0 N–H and O–H groups in total. The van der Waals surface area contributed by atoms with Crippen molar-refractivity contribution in [1.82, 2.24) is 0 Å². The van der Waals surface area contributed by atoms with Crippen LogP contribution in [0.15, 0.2) is 11.0 Å². The number of hydrogen-bond donors (Lipinski definition) is 0. The van der Waals surface area contributed by atoms with E-state index in [9.17, 15) is 31.7 Å². The molecule has 16 heavy (non-hydrogen) atoms. The van der Waals surface area contributed by atoms with Gasteiger partial charge in [0.2, 0.25) is 5.82 Å². The van der Waals surface area contributed by atoms with Crippen molar-refractivity contribution in [2.45, 2.75) is 4.90 Å². The van der Waals surface area contributed by atoms with E-state index in [4.69, 9.17) is 0 Å². The zero-order chi connectivity index (χ0) is 12.7. The maximum Gasteiger partial charge on any atom is 0.330 e. The number of nitrogens with zero attached hydrogens (tertiary/aromatic N) is 1. The van der Waals surface area contributed by atoms with Crippen molar-refractivity contribution in [2.24, 2.45) is 0 Å². The van der Waals surface area contributed by atoms with Gasteiger partial charge in [0, 0.05) is 16.7 Å². The Kier molecular flexibility index (Phi) is 3.10. The summed E-state index contributed by atoms with van der Waals surface area (Å²) in [5.41, 5.74) is -1.85. The molecule has 1 aromatic carbocycles. The van der Waals surface area contributed by atoms with Crippen molar-refractivity contribution in [3.05, 3.63) is 33.6 Å². The first-order valence-corrected chi connectivity index (χ1v) is 5.73. The van der Waals surface area contributed by atoms with E-state index in [0.717, 1.165) is 0 Å². The number of rotatable bonds is 2. The van der Waals surface area contributed by atoms with Crippen LogP contribution in [0.4, 0.5) is 18.9 Å². The van der Waals surface area contributed by atoms with Gasteiger partial charge in [-0.15, -0.1) is 0 Å². The first kappa shape index (κ1) is 12.7. The lowest BCUT2D eigenvalue weighted by Gasteiger charge is -2.02. The summed E-state index contributed by atoms with van der Waals surface area (Å²) in [5, 5.41) is 10.3. The van der Waals surface area contributed by atoms with Crippen LogP contribution >= 0.6 is 10.7 Å². The quantitative estimate of drug-likeness (QED) is 0.358. The number of benzene rings is 1. The van der Waals surface area contributed by atoms with Crippen LogP contribution in [0.5, 0.6) is 0 Å². The largest absolute Gasteiger partial charge is 0.330 e. The minimum absolute atomic E-state index is 0.141. The highest BCUT2D eigenvalue weighted by atomic mass is 35.7. The molecule has 0 saturated heterocycles. The molecule has 0 amide bonds. The van der Waals surface area contributed by atoms with Crippen LogP contribution < -0.4 is 0 Å². The van der Waals surface area contributed by atoms with E-state index in [1.807, 2.05) is 0 Å². The Balaban J connectivity index is 3.86. The lowest BCUT2D eigenvalue weighted by atomic mass is 10.3. The molecule has 0 radical (unpaired) electrons. The van der Waals surface area contributed by atoms with Crippen molar-refractivity contribution in [3.8, 4) is 0 Å². The van der Waals surface area contributed by atoms with Crippen molar-refractivity contribution in [3.63, 3.8) is 0 Å². The van der Waals surface area contributed by atoms with Crippen LogP contribution in [0.1, 0.15) is 0 Å². The molecule has 88 valence electrons. The SMILES string of the molecule is O=[N+]([O-])c1c(F)c(F)cc(F)c1S(=O)(=O)Cl. The molecule has 0 heterocycles. The highest BCUT2D eigenvalue weighted by Crippen LogP contribution is 2.33. The number of nitro benzene ring substituents is 1. The minimum Gasteiger partial charge on any atom is -0.258 e. The molecule has 1 rings (SSSR count). The van der Waals surface area contributed by atoms with Crippen LogP contribution in [0.2, 0.25) is 0 Å². The fraction of sp³-hybridized carbons (Fsp3) is 0. The topological polar surface area (TPSA) is 77.3 Å². The van der Waals surface area contributed by atoms with Gasteiger partial charge >= 0.3 is 5.69 Å². The van der Waals surface area contributed by atoms with E-state index in [0.29, 0.717) is 0 Å². The summed E-state index contributed by atoms with van der Waals surface area (Å²) in [6, 6.07) is -0.141. The van der Waals surface area contributed by atoms with E-state index < -0.39 is 42.0 Å². The van der Waals surface area contributed by atoms with Gasteiger partial charge in [-0.25, -0.2) is 17.2 Å². The Labute approximate surface area is 91.0 Å². The van der Waals surface area contributed by atoms with Gasteiger partial charge in [0.05, 0.1) is 4.92 Å². The predicted molar refractivity (Wildman–Crippen MR) is 46.0 cm³/mol. The third-order valence-corrected chi connectivity index (χ3v) is 2.87. The Bertz CT molecular complexity index is 574. The summed E-state index contributed by atoms with van der Waals surface area (Å²) in [4.78, 5) is 7.03. The van der Waals surface area contributed by atoms with Crippen LogP contribution in [0.25, 0.3) is 0 Å². The Hall–Kier alpha value is -1.35. The molecule has 10 heteroatoms. The molecule has 5 nitrogen and oxygen atoms in total. The molecule has 0 atom stereocenters. The average molecular weight is 276 g/mol. The zero-order valence-electron chi connectivity index (χ0n) is 7.08. The maximum absolute atomic E-state index is 13.0. The lowest BCUT2D eigenvalue weighted by molar-refractivity contribution is -0.391. The second-order valence-corrected chi connectivity index (χ2v) is 5.03. The molecular weight excluding hydrogens is 275 g/mol. The molecule has 0 unspecified atom stereocenters. The van der Waals surface area contributed by atoms with Crippen molar-refractivity contribution in [2.75, 3.05) is 0 Å². The predicted octanol–water partition coefficient (Wildman–Crippen LogP) is 1.94. The normalized spacial score (nSPS) is 11.5. The highest BCUT2D eigenvalue weighted by Gasteiger charge is 2.35. The summed E-state index contributed by atoms with van der Waals surface area (Å²) in [5.74, 6) is -5.81. The van der Waals surface area contributed by atoms with Gasteiger partial charge < -0.3 is 0 Å². The Morgan fingerprint density at radius 1 is 1.25 bits per heavy atom. The molecule has 0 aliphatic heterocycles. The summed E-state index contributed by atoms with van der Waals surface area (Å²) in [6.07, 6.45) is 0. The van der Waals surface area contributed by atoms with Crippen LogP contribution in [0, 0.1) is 27.6 Å². The van der Waals surface area contributed by atoms with Gasteiger partial charge in [-0.2, -0.15) is 4.39 Å². The van der Waals surface area contributed by atoms with Crippen LogP contribution in [-0.2, 0) is 9.05 Å². The standard InChI is InChI=1S/C6HClF3NO4S/c7-16(14,15)6-3(9)1-2(8)4(10)5(6)11(12)13/h1H. The minimum atomic E-state index is -4.90. The molecule has 0 aliphatic carbocycles. The van der Waals surface area contributed by atoms with E-state index in [1.165, 1.54) is 0 Å². The molecular formula is C6HClF3NO4S. The zero-order valence-corrected chi connectivity index (χ0v) is 8.65. The average Bonchev–Trinajstić information content (AvgIpc) is 2.07. The molecule has 0 fully saturated rings. The summed E-state index contributed by atoms with van der Waals surface area (Å²) < 4.78 is 60.0. The molecule has 0 spiro atoms. The Morgan fingerprint density at radius 3 is 2.12 bits per heavy atom. The number of halogens is 4. The second kappa shape index (κ2) is 3.91. The third kappa shape index (κ3) is 2.09. The smallest absolute Gasteiger partial charge is 0.258 e. The fourth-order valence-electron chi connectivity index (χ4n) is 0.961. The van der Waals surface area contributed by atoms with Crippen molar-refractivity contribution >= 4 is 25.4 Å². The molecule has 0 bridgehead atoms. The fourth-order valence-corrected chi connectivity index (χ4v) is 2.09. The molecule has 0 aromatic heterocycles. The van der Waals surface area contributed by atoms with Gasteiger partial charge in [0.25, 0.3) is 9.05 Å². The summed E-state index contributed by atoms with van der Waals surface area (Å²) >= 11 is 0. The second-order valence-electron chi connectivity index (χ2n) is 2.53. The van der Waals surface area contributed by atoms with Gasteiger partial charge in [-0.3, -0.25) is 10.1 Å². The lowest BCUT2D eigenvalue weighted by Crippen LogP contribution is -2.06. The van der Waals surface area contributed by atoms with Crippen molar-refractivity contribution < 1.29 is 26.5 Å². The van der Waals surface area contributed by atoms with Crippen molar-refractivity contribution in [1.29, 1.82) is 0 Å². The van der Waals surface area contributed by atoms with Crippen LogP contribution in [-0.4, -0.2) is 13.3 Å². The van der Waals surface area contributed by atoms with Gasteiger partial charge in [0.1, 0.15) is 0 Å². The van der Waals surface area contributed by atoms with Gasteiger partial charge in [-0.1, -0.05) is 0 Å². The first-order chi connectivity index (χ1) is 7.16. The monoisotopic (exact) mass is 275 g/mol. The first-order valence-electron chi connectivity index (χ1n) is 3.42. The van der Waals surface area contributed by atoms with Gasteiger partial charge in [-0.05, 0) is 0 Å². The van der Waals surface area contributed by atoms with E-state index in [2.05, 4.69) is 10.7 Å². The maximum atomic E-state index is 13.0. The highest BCUT2D eigenvalue weighted by molar-refractivity contribution is 8.13. The van der Waals surface area contributed by atoms with E-state index in [-0.39, 0.29) is 6.07 Å². The van der Waals surface area contributed by atoms with E-state index >= 15 is 0 Å². The summed E-state index contributed by atoms with van der Waals surface area (Å²) in [6.45, 7) is 0. The number of nitro groups is 1. The van der Waals surface area contributed by atoms with Gasteiger partial charge in [0.15, 0.2) is 16.5 Å². The molecule has 0 saturated carbocycles. The third-order valence-electron chi connectivity index (χ3n) is 1.53. The molecule has 1 aromatic rings. The Morgan fingerprint density at radius 2 is 1.75 bits per heavy atom. The molecule has 0 aliphatic rings. The van der Waals surface area contributed by atoms with E-state index in [1.54, 1.807) is 0 Å². The number of hydrogen-bond acceptors (Lipinski definition) is 4. The van der Waals surface area contributed by atoms with Crippen LogP contribution in [0.3, 0.4) is 0 Å².